The Morgan fingerprint density at radius 1 is 1.33 bits per heavy atom. The number of benzene rings is 1. The number of nitrogens with one attached hydrogen (secondary N) is 3. The first kappa shape index (κ1) is 14.5. The highest BCUT2D eigenvalue weighted by atomic mass is 35.5. The largest absolute Gasteiger partial charge is 0.331 e. The summed E-state index contributed by atoms with van der Waals surface area (Å²) in [5.41, 5.74) is 5.32. The molecule has 0 aromatic heterocycles. The summed E-state index contributed by atoms with van der Waals surface area (Å²) in [5.74, 6) is -0.476. The van der Waals surface area contributed by atoms with Gasteiger partial charge >= 0.3 is 0 Å². The molecule has 0 aliphatic rings. The predicted octanol–water partition coefficient (Wildman–Crippen LogP) is 2.22. The monoisotopic (exact) mass is 302 g/mol. The molecule has 1 rings (SSSR count). The molecule has 0 bridgehead atoms. The average molecular weight is 303 g/mol. The molecule has 0 aliphatic heterocycles. The summed E-state index contributed by atoms with van der Waals surface area (Å²) < 4.78 is 0. The lowest BCUT2D eigenvalue weighted by atomic mass is 10.3. The van der Waals surface area contributed by atoms with E-state index in [0.29, 0.717) is 15.7 Å². The summed E-state index contributed by atoms with van der Waals surface area (Å²) in [5, 5.41) is 12.1. The molecule has 1 amide bonds. The van der Waals surface area contributed by atoms with Gasteiger partial charge in [-0.15, -0.1) is 0 Å². The Bertz CT molecular complexity index is 515. The maximum Gasteiger partial charge on any atom is 0.252 e. The van der Waals surface area contributed by atoms with Crippen molar-refractivity contribution in [3.05, 3.63) is 28.2 Å². The molecule has 0 heterocycles. The van der Waals surface area contributed by atoms with Crippen LogP contribution in [-0.4, -0.2) is 11.0 Å². The minimum absolute atomic E-state index is 0.166. The molecule has 3 N–H and O–H groups in total. The van der Waals surface area contributed by atoms with E-state index in [1.807, 2.05) is 0 Å². The zero-order valence-electron chi connectivity index (χ0n) is 8.96. The van der Waals surface area contributed by atoms with Gasteiger partial charge in [-0.3, -0.25) is 15.6 Å². The van der Waals surface area contributed by atoms with Crippen LogP contribution in [0.1, 0.15) is 6.42 Å². The molecule has 5 nitrogen and oxygen atoms in total. The number of nitriles is 1. The van der Waals surface area contributed by atoms with Gasteiger partial charge in [-0.25, -0.2) is 0 Å². The number of nitrogens with zero attached hydrogens (tertiary/aromatic N) is 1. The topological polar surface area (TPSA) is 77.0 Å². The van der Waals surface area contributed by atoms with E-state index < -0.39 is 5.91 Å². The quantitative estimate of drug-likeness (QED) is 0.577. The molecule has 0 radical (unpaired) electrons. The molecule has 0 saturated heterocycles. The Balaban J connectivity index is 2.47. The van der Waals surface area contributed by atoms with Crippen LogP contribution in [0.4, 0.5) is 5.69 Å². The van der Waals surface area contributed by atoms with Crippen LogP contribution in [-0.2, 0) is 4.79 Å². The van der Waals surface area contributed by atoms with E-state index >= 15 is 0 Å². The van der Waals surface area contributed by atoms with E-state index in [1.165, 1.54) is 0 Å². The highest BCUT2D eigenvalue weighted by Crippen LogP contribution is 2.24. The zero-order chi connectivity index (χ0) is 13.5. The van der Waals surface area contributed by atoms with Crippen molar-refractivity contribution in [1.29, 1.82) is 5.26 Å². The number of thiocarbonyl (C=S) groups is 1. The third kappa shape index (κ3) is 4.75. The van der Waals surface area contributed by atoms with E-state index in [4.69, 9.17) is 40.7 Å². The van der Waals surface area contributed by atoms with Gasteiger partial charge in [-0.05, 0) is 30.4 Å². The van der Waals surface area contributed by atoms with Crippen molar-refractivity contribution < 1.29 is 4.79 Å². The van der Waals surface area contributed by atoms with Crippen LogP contribution in [0, 0.1) is 11.3 Å². The van der Waals surface area contributed by atoms with E-state index in [-0.39, 0.29) is 11.5 Å². The predicted molar refractivity (Wildman–Crippen MR) is 74.2 cm³/mol. The highest BCUT2D eigenvalue weighted by Gasteiger charge is 2.03. The standard InChI is InChI=1S/C10H8Cl2N4OS/c11-7-2-1-6(5-8(7)12)14-10(18)16-15-9(17)3-4-13/h1-2,5H,3H2,(H,15,17)(H2,14,16,18). The van der Waals surface area contributed by atoms with Gasteiger partial charge in [0.2, 0.25) is 0 Å². The molecular weight excluding hydrogens is 295 g/mol. The molecular formula is C10H8Cl2N4OS. The Labute approximate surface area is 119 Å². The van der Waals surface area contributed by atoms with E-state index in [2.05, 4.69) is 16.2 Å². The second-order valence-electron chi connectivity index (χ2n) is 3.09. The SMILES string of the molecule is N#CCC(=O)NNC(=S)Nc1ccc(Cl)c(Cl)c1. The number of hydrogen-bond acceptors (Lipinski definition) is 3. The van der Waals surface area contributed by atoms with Gasteiger partial charge in [-0.1, -0.05) is 23.2 Å². The van der Waals surface area contributed by atoms with Crippen molar-refractivity contribution >= 4 is 52.1 Å². The molecule has 0 atom stereocenters. The van der Waals surface area contributed by atoms with Crippen LogP contribution in [0.25, 0.3) is 0 Å². The zero-order valence-corrected chi connectivity index (χ0v) is 11.3. The number of hydrazine groups is 1. The van der Waals surface area contributed by atoms with Crippen molar-refractivity contribution in [3.63, 3.8) is 0 Å². The summed E-state index contributed by atoms with van der Waals surface area (Å²) in [6, 6.07) is 6.59. The van der Waals surface area contributed by atoms with Gasteiger partial charge in [0.15, 0.2) is 5.11 Å². The second kappa shape index (κ2) is 7.01. The number of carbonyl (C=O) groups excluding carboxylic acids is 1. The number of anilines is 1. The van der Waals surface area contributed by atoms with Crippen molar-refractivity contribution in [2.45, 2.75) is 6.42 Å². The Morgan fingerprint density at radius 2 is 2.06 bits per heavy atom. The van der Waals surface area contributed by atoms with Crippen LogP contribution in [0.15, 0.2) is 18.2 Å². The number of hydrogen-bond donors (Lipinski definition) is 3. The van der Waals surface area contributed by atoms with Gasteiger partial charge in [0, 0.05) is 5.69 Å². The van der Waals surface area contributed by atoms with Gasteiger partial charge in [-0.2, -0.15) is 5.26 Å². The molecule has 0 unspecified atom stereocenters. The van der Waals surface area contributed by atoms with E-state index in [0.717, 1.165) is 0 Å². The Kier molecular flexibility index (Phi) is 5.65. The lowest BCUT2D eigenvalue weighted by Crippen LogP contribution is -2.43. The first-order valence-corrected chi connectivity index (χ1v) is 5.87. The fraction of sp³-hybridized carbons (Fsp3) is 0.100. The molecule has 18 heavy (non-hydrogen) atoms. The maximum atomic E-state index is 11.0. The summed E-state index contributed by atoms with van der Waals surface area (Å²) in [6.07, 6.45) is -0.248. The number of rotatable bonds is 2. The fourth-order valence-electron chi connectivity index (χ4n) is 0.979. The molecule has 94 valence electrons. The van der Waals surface area contributed by atoms with Crippen LogP contribution >= 0.6 is 35.4 Å². The lowest BCUT2D eigenvalue weighted by Gasteiger charge is -2.11. The maximum absolute atomic E-state index is 11.0. The second-order valence-corrected chi connectivity index (χ2v) is 4.31. The first-order chi connectivity index (χ1) is 8.52. The normalized spacial score (nSPS) is 9.17. The molecule has 8 heteroatoms. The Morgan fingerprint density at radius 3 is 2.67 bits per heavy atom. The van der Waals surface area contributed by atoms with E-state index in [9.17, 15) is 4.79 Å². The molecule has 0 saturated carbocycles. The average Bonchev–Trinajstić information content (AvgIpc) is 2.32. The van der Waals surface area contributed by atoms with Gasteiger partial charge < -0.3 is 5.32 Å². The number of carbonyl (C=O) groups is 1. The lowest BCUT2D eigenvalue weighted by molar-refractivity contribution is -0.120. The van der Waals surface area contributed by atoms with Gasteiger partial charge in [0.25, 0.3) is 5.91 Å². The van der Waals surface area contributed by atoms with E-state index in [1.54, 1.807) is 24.3 Å². The summed E-state index contributed by atoms with van der Waals surface area (Å²) in [6.45, 7) is 0. The Hall–Kier alpha value is -1.55. The molecule has 0 spiro atoms. The van der Waals surface area contributed by atoms with Gasteiger partial charge in [0.05, 0.1) is 16.1 Å². The van der Waals surface area contributed by atoms with Crippen molar-refractivity contribution in [1.82, 2.24) is 10.9 Å². The third-order valence-corrected chi connectivity index (χ3v) is 2.68. The van der Waals surface area contributed by atoms with Crippen LogP contribution in [0.2, 0.25) is 10.0 Å². The molecule has 1 aromatic carbocycles. The summed E-state index contributed by atoms with van der Waals surface area (Å²) in [4.78, 5) is 11.0. The third-order valence-electron chi connectivity index (χ3n) is 1.73. The summed E-state index contributed by atoms with van der Waals surface area (Å²) >= 11 is 16.5. The van der Waals surface area contributed by atoms with Crippen LogP contribution < -0.4 is 16.2 Å². The van der Waals surface area contributed by atoms with Crippen molar-refractivity contribution in [2.75, 3.05) is 5.32 Å². The molecule has 0 fully saturated rings. The minimum atomic E-state index is -0.476. The highest BCUT2D eigenvalue weighted by molar-refractivity contribution is 7.80. The van der Waals surface area contributed by atoms with Crippen LogP contribution in [0.3, 0.4) is 0 Å². The number of amides is 1. The fourth-order valence-corrected chi connectivity index (χ4v) is 1.45. The van der Waals surface area contributed by atoms with Crippen LogP contribution in [0.5, 0.6) is 0 Å². The van der Waals surface area contributed by atoms with Crippen molar-refractivity contribution in [3.8, 4) is 6.07 Å². The molecule has 0 aliphatic carbocycles. The number of halogens is 2. The van der Waals surface area contributed by atoms with Crippen molar-refractivity contribution in [2.24, 2.45) is 0 Å². The minimum Gasteiger partial charge on any atom is -0.331 e. The first-order valence-electron chi connectivity index (χ1n) is 4.70. The summed E-state index contributed by atoms with van der Waals surface area (Å²) in [7, 11) is 0. The van der Waals surface area contributed by atoms with Gasteiger partial charge in [0.1, 0.15) is 6.42 Å². The molecule has 1 aromatic rings. The smallest absolute Gasteiger partial charge is 0.252 e.